The molecule has 2 aromatic carbocycles. The second-order valence-corrected chi connectivity index (χ2v) is 6.85. The highest BCUT2D eigenvalue weighted by Crippen LogP contribution is 2.40. The molecule has 3 rings (SSSR count). The van der Waals surface area contributed by atoms with Gasteiger partial charge in [0.05, 0.1) is 25.8 Å². The summed E-state index contributed by atoms with van der Waals surface area (Å²) in [4.78, 5) is 27.2. The third kappa shape index (κ3) is 3.97. The number of rotatable bonds is 7. The van der Waals surface area contributed by atoms with E-state index in [9.17, 15) is 14.7 Å². The van der Waals surface area contributed by atoms with E-state index in [4.69, 9.17) is 9.47 Å². The number of hydrogen-bond acceptors (Lipinski definition) is 5. The molecule has 0 aromatic heterocycles. The Kier molecular flexibility index (Phi) is 6.22. The molecule has 1 N–H and O–H groups in total. The fourth-order valence-corrected chi connectivity index (χ4v) is 3.50. The van der Waals surface area contributed by atoms with Gasteiger partial charge >= 0.3 is 0 Å². The highest BCUT2D eigenvalue weighted by molar-refractivity contribution is 6.46. The monoisotopic (exact) mass is 395 g/mol. The van der Waals surface area contributed by atoms with E-state index in [0.29, 0.717) is 23.6 Å². The van der Waals surface area contributed by atoms with Crippen molar-refractivity contribution in [3.05, 3.63) is 65.2 Å². The smallest absolute Gasteiger partial charge is 0.295 e. The molecule has 0 spiro atoms. The van der Waals surface area contributed by atoms with E-state index in [2.05, 4.69) is 0 Å². The van der Waals surface area contributed by atoms with Crippen LogP contribution < -0.4 is 9.47 Å². The molecule has 152 valence electrons. The number of benzene rings is 2. The fourth-order valence-electron chi connectivity index (χ4n) is 3.50. The Hall–Kier alpha value is -3.28. The normalized spacial score (nSPS) is 18.2. The number of carbonyl (C=O) groups excluding carboxylic acids is 2. The molecule has 1 unspecified atom stereocenters. The van der Waals surface area contributed by atoms with E-state index in [1.165, 1.54) is 7.11 Å². The van der Waals surface area contributed by atoms with Crippen LogP contribution in [0.5, 0.6) is 11.5 Å². The van der Waals surface area contributed by atoms with Gasteiger partial charge in [-0.3, -0.25) is 9.59 Å². The molecule has 0 aliphatic carbocycles. The van der Waals surface area contributed by atoms with Crippen LogP contribution in [0.25, 0.3) is 5.76 Å². The maximum atomic E-state index is 12.9. The van der Waals surface area contributed by atoms with Crippen LogP contribution >= 0.6 is 0 Å². The molecule has 1 aliphatic rings. The zero-order valence-electron chi connectivity index (χ0n) is 16.8. The minimum absolute atomic E-state index is 0.0875. The van der Waals surface area contributed by atoms with Crippen molar-refractivity contribution in [1.29, 1.82) is 0 Å². The highest BCUT2D eigenvalue weighted by Gasteiger charge is 2.45. The Labute approximate surface area is 170 Å². The second-order valence-electron chi connectivity index (χ2n) is 6.85. The van der Waals surface area contributed by atoms with Gasteiger partial charge in [-0.05, 0) is 36.2 Å². The maximum absolute atomic E-state index is 12.9. The van der Waals surface area contributed by atoms with Gasteiger partial charge in [0.1, 0.15) is 17.3 Å². The van der Waals surface area contributed by atoms with Gasteiger partial charge in [-0.15, -0.1) is 0 Å². The van der Waals surface area contributed by atoms with E-state index >= 15 is 0 Å². The number of likely N-dealkylation sites (tertiary alicyclic amines) is 1. The van der Waals surface area contributed by atoms with Crippen molar-refractivity contribution in [1.82, 2.24) is 4.90 Å². The average Bonchev–Trinajstić information content (AvgIpc) is 3.02. The van der Waals surface area contributed by atoms with Gasteiger partial charge in [0.15, 0.2) is 0 Å². The third-order valence-corrected chi connectivity index (χ3v) is 5.07. The molecule has 0 saturated carbocycles. The Morgan fingerprint density at radius 3 is 2.34 bits per heavy atom. The maximum Gasteiger partial charge on any atom is 0.295 e. The summed E-state index contributed by atoms with van der Waals surface area (Å²) < 4.78 is 10.4. The van der Waals surface area contributed by atoms with Crippen molar-refractivity contribution in [2.75, 3.05) is 20.8 Å². The predicted octanol–water partition coefficient (Wildman–Crippen LogP) is 3.93. The van der Waals surface area contributed by atoms with Crippen molar-refractivity contribution in [2.45, 2.75) is 25.8 Å². The zero-order valence-corrected chi connectivity index (χ0v) is 16.8. The summed E-state index contributed by atoms with van der Waals surface area (Å²) in [6.45, 7) is 2.46. The fraction of sp³-hybridized carbons (Fsp3) is 0.304. The molecule has 0 bridgehead atoms. The van der Waals surface area contributed by atoms with E-state index in [1.807, 2.05) is 19.1 Å². The Bertz CT molecular complexity index is 933. The number of Topliss-reactive ketones (excluding diaryl/α,β-unsaturated/α-hetero) is 1. The van der Waals surface area contributed by atoms with Crippen LogP contribution in [-0.4, -0.2) is 42.5 Å². The van der Waals surface area contributed by atoms with Crippen molar-refractivity contribution in [2.24, 2.45) is 0 Å². The van der Waals surface area contributed by atoms with Crippen LogP contribution in [0.15, 0.2) is 54.1 Å². The zero-order chi connectivity index (χ0) is 21.0. The van der Waals surface area contributed by atoms with E-state index < -0.39 is 17.7 Å². The SMILES string of the molecule is CCCCN1C(=O)C(=O)/C(=C(\O)c2cccc(OC)c2)C1c1ccc(OC)cc1. The number of ketones is 1. The van der Waals surface area contributed by atoms with Gasteiger partial charge in [0, 0.05) is 12.1 Å². The van der Waals surface area contributed by atoms with E-state index in [1.54, 1.807) is 48.4 Å². The molecule has 6 heteroatoms. The lowest BCUT2D eigenvalue weighted by Crippen LogP contribution is -2.30. The summed E-state index contributed by atoms with van der Waals surface area (Å²) in [7, 11) is 3.10. The van der Waals surface area contributed by atoms with Gasteiger partial charge < -0.3 is 19.5 Å². The molecule has 2 aromatic rings. The molecule has 29 heavy (non-hydrogen) atoms. The Balaban J connectivity index is 2.14. The molecule has 6 nitrogen and oxygen atoms in total. The standard InChI is InChI=1S/C23H25NO5/c1-4-5-13-24-20(15-9-11-17(28-2)12-10-15)19(22(26)23(24)27)21(25)16-7-6-8-18(14-16)29-3/h6-12,14,20,25H,4-5,13H2,1-3H3/b21-19-. The van der Waals surface area contributed by atoms with E-state index in [0.717, 1.165) is 18.4 Å². The minimum atomic E-state index is -0.678. The summed E-state index contributed by atoms with van der Waals surface area (Å²) in [5.41, 5.74) is 1.26. The van der Waals surface area contributed by atoms with Gasteiger partial charge in [0.2, 0.25) is 0 Å². The van der Waals surface area contributed by atoms with Gasteiger partial charge in [-0.1, -0.05) is 37.6 Å². The number of amides is 1. The third-order valence-electron chi connectivity index (χ3n) is 5.07. The number of aliphatic hydroxyl groups excluding tert-OH is 1. The number of hydrogen-bond donors (Lipinski definition) is 1. The van der Waals surface area contributed by atoms with Crippen LogP contribution in [0.3, 0.4) is 0 Å². The summed E-state index contributed by atoms with van der Waals surface area (Å²) in [6.07, 6.45) is 1.65. The number of carbonyl (C=O) groups is 2. The van der Waals surface area contributed by atoms with Crippen LogP contribution in [0.4, 0.5) is 0 Å². The Morgan fingerprint density at radius 1 is 1.03 bits per heavy atom. The number of aliphatic hydroxyl groups is 1. The molecular weight excluding hydrogens is 370 g/mol. The molecular formula is C23H25NO5. The summed E-state index contributed by atoms with van der Waals surface area (Å²) in [5.74, 6) is -0.254. The summed E-state index contributed by atoms with van der Waals surface area (Å²) in [6, 6.07) is 13.3. The lowest BCUT2D eigenvalue weighted by atomic mass is 9.95. The Morgan fingerprint density at radius 2 is 1.72 bits per heavy atom. The molecule has 1 saturated heterocycles. The summed E-state index contributed by atoms with van der Waals surface area (Å²) >= 11 is 0. The van der Waals surface area contributed by atoms with Crippen molar-refractivity contribution >= 4 is 17.4 Å². The second kappa shape index (κ2) is 8.82. The van der Waals surface area contributed by atoms with Crippen LogP contribution in [0.1, 0.15) is 36.9 Å². The van der Waals surface area contributed by atoms with Gasteiger partial charge in [-0.25, -0.2) is 0 Å². The van der Waals surface area contributed by atoms with Crippen LogP contribution in [-0.2, 0) is 9.59 Å². The number of nitrogens with zero attached hydrogens (tertiary/aromatic N) is 1. The van der Waals surface area contributed by atoms with E-state index in [-0.39, 0.29) is 11.3 Å². The van der Waals surface area contributed by atoms with Gasteiger partial charge in [-0.2, -0.15) is 0 Å². The largest absolute Gasteiger partial charge is 0.507 e. The van der Waals surface area contributed by atoms with Crippen LogP contribution in [0, 0.1) is 0 Å². The lowest BCUT2D eigenvalue weighted by Gasteiger charge is -2.25. The number of ether oxygens (including phenoxy) is 2. The molecule has 1 atom stereocenters. The number of unbranched alkanes of at least 4 members (excludes halogenated alkanes) is 1. The van der Waals surface area contributed by atoms with Crippen molar-refractivity contribution in [3.8, 4) is 11.5 Å². The quantitative estimate of drug-likeness (QED) is 0.437. The first-order valence-electron chi connectivity index (χ1n) is 9.58. The van der Waals surface area contributed by atoms with Gasteiger partial charge in [0.25, 0.3) is 11.7 Å². The first kappa shape index (κ1) is 20.5. The summed E-state index contributed by atoms with van der Waals surface area (Å²) in [5, 5.41) is 11.0. The van der Waals surface area contributed by atoms with Crippen molar-refractivity contribution < 1.29 is 24.2 Å². The molecule has 1 heterocycles. The van der Waals surface area contributed by atoms with Crippen LogP contribution in [0.2, 0.25) is 0 Å². The molecule has 1 amide bonds. The first-order chi connectivity index (χ1) is 14.0. The minimum Gasteiger partial charge on any atom is -0.507 e. The number of methoxy groups -OCH3 is 2. The van der Waals surface area contributed by atoms with Crippen molar-refractivity contribution in [3.63, 3.8) is 0 Å². The topological polar surface area (TPSA) is 76.1 Å². The predicted molar refractivity (Wildman–Crippen MR) is 110 cm³/mol. The average molecular weight is 395 g/mol. The highest BCUT2D eigenvalue weighted by atomic mass is 16.5. The molecule has 1 aliphatic heterocycles. The lowest BCUT2D eigenvalue weighted by molar-refractivity contribution is -0.139. The first-order valence-corrected chi connectivity index (χ1v) is 9.58. The molecule has 0 radical (unpaired) electrons. The molecule has 1 fully saturated rings.